The van der Waals surface area contributed by atoms with Crippen LogP contribution >= 0.6 is 0 Å². The molecule has 88 valence electrons. The number of ether oxygens (including phenoxy) is 1. The van der Waals surface area contributed by atoms with Crippen LogP contribution in [0, 0.1) is 0 Å². The van der Waals surface area contributed by atoms with E-state index in [1.54, 1.807) is 23.3 Å². The fraction of sp³-hybridized carbons (Fsp3) is 0.273. The fourth-order valence-corrected chi connectivity index (χ4v) is 0.633. The molecule has 0 radical (unpaired) electrons. The number of carbonyl (C=O) groups is 1. The van der Waals surface area contributed by atoms with E-state index in [-0.39, 0.29) is 5.57 Å². The average molecular weight is 224 g/mol. The van der Waals surface area contributed by atoms with Gasteiger partial charge in [0.1, 0.15) is 0 Å². The maximum absolute atomic E-state index is 10.5. The number of hydrogen-bond acceptors (Lipinski definition) is 4. The van der Waals surface area contributed by atoms with E-state index in [1.165, 1.54) is 13.8 Å². The number of aromatic nitrogens is 2. The second-order valence-electron chi connectivity index (χ2n) is 2.98. The lowest BCUT2D eigenvalue weighted by Crippen LogP contribution is -2.13. The fourth-order valence-electron chi connectivity index (χ4n) is 0.633. The third-order valence-electron chi connectivity index (χ3n) is 1.36. The summed E-state index contributed by atoms with van der Waals surface area (Å²) < 4.78 is 6.11. The molecule has 0 spiro atoms. The third-order valence-corrected chi connectivity index (χ3v) is 1.36. The largest absolute Gasteiger partial charge is 0.433 e. The van der Waals surface area contributed by atoms with Gasteiger partial charge in [0.15, 0.2) is 6.29 Å². The standard InChI is InChI=1S/C6H10O3.C5H6N2/c1-4(2)6(8)9-5(3)7;1-2-7-4-3-6-5-7/h5,7H,1H2,2-3H3;2-5H,1H2. The first-order valence-electron chi connectivity index (χ1n) is 4.62. The van der Waals surface area contributed by atoms with E-state index < -0.39 is 12.3 Å². The van der Waals surface area contributed by atoms with Crippen molar-refractivity contribution in [2.24, 2.45) is 0 Å². The zero-order chi connectivity index (χ0) is 12.6. The summed E-state index contributed by atoms with van der Waals surface area (Å²) in [6.45, 7) is 9.73. The predicted octanol–water partition coefficient (Wildman–Crippen LogP) is 1.43. The quantitative estimate of drug-likeness (QED) is 0.479. The molecule has 0 saturated heterocycles. The van der Waals surface area contributed by atoms with Crippen LogP contribution in [0.5, 0.6) is 0 Å². The van der Waals surface area contributed by atoms with Crippen molar-refractivity contribution < 1.29 is 14.6 Å². The van der Waals surface area contributed by atoms with Gasteiger partial charge in [0, 0.05) is 24.2 Å². The van der Waals surface area contributed by atoms with Crippen LogP contribution < -0.4 is 0 Å². The highest BCUT2D eigenvalue weighted by atomic mass is 16.6. The summed E-state index contributed by atoms with van der Waals surface area (Å²) >= 11 is 0. The van der Waals surface area contributed by atoms with Crippen LogP contribution in [-0.2, 0) is 9.53 Å². The molecule has 5 heteroatoms. The van der Waals surface area contributed by atoms with Crippen LogP contribution in [0.25, 0.3) is 6.20 Å². The van der Waals surface area contributed by atoms with Crippen LogP contribution in [0.15, 0.2) is 37.5 Å². The van der Waals surface area contributed by atoms with E-state index in [9.17, 15) is 4.79 Å². The Labute approximate surface area is 94.7 Å². The third kappa shape index (κ3) is 6.56. The summed E-state index contributed by atoms with van der Waals surface area (Å²) in [4.78, 5) is 14.3. The van der Waals surface area contributed by atoms with Gasteiger partial charge in [-0.2, -0.15) is 0 Å². The summed E-state index contributed by atoms with van der Waals surface area (Å²) in [6, 6.07) is 0. The highest BCUT2D eigenvalue weighted by Crippen LogP contribution is 1.94. The minimum Gasteiger partial charge on any atom is -0.433 e. The van der Waals surface area contributed by atoms with Gasteiger partial charge in [0.2, 0.25) is 0 Å². The molecule has 0 bridgehead atoms. The van der Waals surface area contributed by atoms with Crippen molar-refractivity contribution in [2.45, 2.75) is 20.1 Å². The number of rotatable bonds is 3. The number of imidazole rings is 1. The van der Waals surface area contributed by atoms with Gasteiger partial charge in [-0.25, -0.2) is 9.78 Å². The first kappa shape index (κ1) is 14.1. The predicted molar refractivity (Wildman–Crippen MR) is 61.2 cm³/mol. The lowest BCUT2D eigenvalue weighted by Gasteiger charge is -2.04. The number of nitrogens with zero attached hydrogens (tertiary/aromatic N) is 2. The number of hydrogen-bond donors (Lipinski definition) is 1. The highest BCUT2D eigenvalue weighted by molar-refractivity contribution is 5.86. The Hall–Kier alpha value is -1.88. The lowest BCUT2D eigenvalue weighted by atomic mass is 10.4. The first-order chi connectivity index (χ1) is 7.47. The summed E-state index contributed by atoms with van der Waals surface area (Å²) in [6.07, 6.45) is 5.86. The zero-order valence-corrected chi connectivity index (χ0v) is 9.46. The van der Waals surface area contributed by atoms with E-state index in [0.29, 0.717) is 0 Å². The molecule has 1 atom stereocenters. The maximum Gasteiger partial charge on any atom is 0.335 e. The Morgan fingerprint density at radius 2 is 2.31 bits per heavy atom. The van der Waals surface area contributed by atoms with Crippen molar-refractivity contribution in [3.05, 3.63) is 37.5 Å². The summed E-state index contributed by atoms with van der Waals surface area (Å²) in [5, 5.41) is 8.49. The number of carbonyl (C=O) groups excluding carboxylic acids is 1. The minimum atomic E-state index is -1.05. The number of esters is 1. The molecule has 16 heavy (non-hydrogen) atoms. The van der Waals surface area contributed by atoms with Gasteiger partial charge in [-0.15, -0.1) is 0 Å². The van der Waals surface area contributed by atoms with E-state index in [4.69, 9.17) is 5.11 Å². The number of aliphatic hydroxyl groups is 1. The highest BCUT2D eigenvalue weighted by Gasteiger charge is 2.04. The van der Waals surface area contributed by atoms with E-state index in [1.807, 2.05) is 6.20 Å². The van der Waals surface area contributed by atoms with Crippen LogP contribution in [0.4, 0.5) is 0 Å². The lowest BCUT2D eigenvalue weighted by molar-refractivity contribution is -0.159. The Balaban J connectivity index is 0.000000288. The van der Waals surface area contributed by atoms with Crippen molar-refractivity contribution in [1.82, 2.24) is 9.55 Å². The van der Waals surface area contributed by atoms with Crippen LogP contribution in [0.3, 0.4) is 0 Å². The van der Waals surface area contributed by atoms with Gasteiger partial charge in [0.25, 0.3) is 0 Å². The molecule has 0 aromatic carbocycles. The average Bonchev–Trinajstić information content (AvgIpc) is 2.69. The van der Waals surface area contributed by atoms with Crippen molar-refractivity contribution in [2.75, 3.05) is 0 Å². The van der Waals surface area contributed by atoms with Gasteiger partial charge in [-0.3, -0.25) is 0 Å². The first-order valence-corrected chi connectivity index (χ1v) is 4.62. The van der Waals surface area contributed by atoms with Gasteiger partial charge in [0.05, 0.1) is 6.33 Å². The van der Waals surface area contributed by atoms with Gasteiger partial charge in [-0.05, 0) is 13.8 Å². The van der Waals surface area contributed by atoms with Crippen molar-refractivity contribution in [3.63, 3.8) is 0 Å². The second kappa shape index (κ2) is 7.42. The molecule has 0 aliphatic heterocycles. The molecule has 0 amide bonds. The molecule has 1 rings (SSSR count). The summed E-state index contributed by atoms with van der Waals surface area (Å²) in [7, 11) is 0. The molecule has 1 N–H and O–H groups in total. The molecule has 5 nitrogen and oxygen atoms in total. The molecule has 0 aliphatic rings. The van der Waals surface area contributed by atoms with Crippen molar-refractivity contribution in [1.29, 1.82) is 0 Å². The van der Waals surface area contributed by atoms with Crippen LogP contribution in [0.2, 0.25) is 0 Å². The Bertz CT molecular complexity index is 342. The molecule has 0 aliphatic carbocycles. The van der Waals surface area contributed by atoms with E-state index in [0.717, 1.165) is 0 Å². The summed E-state index contributed by atoms with van der Waals surface area (Å²) in [5.74, 6) is -0.565. The maximum atomic E-state index is 10.5. The van der Waals surface area contributed by atoms with Crippen molar-refractivity contribution in [3.8, 4) is 0 Å². The molecule has 1 unspecified atom stereocenters. The normalized spacial score (nSPS) is 10.7. The zero-order valence-electron chi connectivity index (χ0n) is 9.46. The van der Waals surface area contributed by atoms with E-state index >= 15 is 0 Å². The minimum absolute atomic E-state index is 0.288. The number of aliphatic hydroxyl groups excluding tert-OH is 1. The Morgan fingerprint density at radius 1 is 1.69 bits per heavy atom. The Kier molecular flexibility index (Phi) is 6.55. The monoisotopic (exact) mass is 224 g/mol. The van der Waals surface area contributed by atoms with Gasteiger partial charge < -0.3 is 14.4 Å². The van der Waals surface area contributed by atoms with Crippen LogP contribution in [-0.4, -0.2) is 26.9 Å². The molecule has 0 saturated carbocycles. The second-order valence-corrected chi connectivity index (χ2v) is 2.98. The smallest absolute Gasteiger partial charge is 0.335 e. The molecule has 1 aromatic rings. The van der Waals surface area contributed by atoms with Gasteiger partial charge in [-0.1, -0.05) is 13.2 Å². The van der Waals surface area contributed by atoms with Crippen molar-refractivity contribution >= 4 is 12.2 Å². The van der Waals surface area contributed by atoms with Gasteiger partial charge >= 0.3 is 5.97 Å². The molecular formula is C11H16N2O3. The SMILES string of the molecule is C=C(C)C(=O)OC(C)O.C=Cn1ccnc1. The molecule has 1 heterocycles. The Morgan fingerprint density at radius 3 is 2.50 bits per heavy atom. The molecule has 1 aromatic heterocycles. The van der Waals surface area contributed by atoms with Crippen LogP contribution in [0.1, 0.15) is 13.8 Å². The van der Waals surface area contributed by atoms with E-state index in [2.05, 4.69) is 22.9 Å². The summed E-state index contributed by atoms with van der Waals surface area (Å²) in [5.41, 5.74) is 0.288. The topological polar surface area (TPSA) is 64.3 Å². The molecule has 0 fully saturated rings. The molecular weight excluding hydrogens is 208 g/mol.